The number of hydrogen-bond donors (Lipinski definition) is 1. The lowest BCUT2D eigenvalue weighted by atomic mass is 10.1. The molecule has 0 amide bonds. The molecule has 1 N–H and O–H groups in total. The largest absolute Gasteiger partial charge is 0.381 e. The van der Waals surface area contributed by atoms with Crippen molar-refractivity contribution in [2.45, 2.75) is 20.0 Å². The van der Waals surface area contributed by atoms with Crippen LogP contribution in [0.5, 0.6) is 0 Å². The highest BCUT2D eigenvalue weighted by atomic mass is 19.1. The summed E-state index contributed by atoms with van der Waals surface area (Å²) < 4.78 is 12.6. The lowest BCUT2D eigenvalue weighted by molar-refractivity contribution is 0.253. The van der Waals surface area contributed by atoms with Crippen LogP contribution in [-0.2, 0) is 0 Å². The van der Waals surface area contributed by atoms with Crippen LogP contribution < -0.4 is 0 Å². The van der Waals surface area contributed by atoms with Crippen molar-refractivity contribution in [2.24, 2.45) is 0 Å². The van der Waals surface area contributed by atoms with Crippen molar-refractivity contribution in [3.63, 3.8) is 0 Å². The van der Waals surface area contributed by atoms with Crippen molar-refractivity contribution >= 4 is 0 Å². The van der Waals surface area contributed by atoms with E-state index in [0.717, 1.165) is 11.1 Å². The highest BCUT2D eigenvalue weighted by molar-refractivity contribution is 5.41. The summed E-state index contributed by atoms with van der Waals surface area (Å²) in [6.45, 7) is 3.38. The van der Waals surface area contributed by atoms with Crippen molar-refractivity contribution in [3.8, 4) is 11.8 Å². The molecule has 1 unspecified atom stereocenters. The van der Waals surface area contributed by atoms with Crippen LogP contribution in [0.25, 0.3) is 0 Å². The van der Waals surface area contributed by atoms with Gasteiger partial charge in [0.25, 0.3) is 0 Å². The van der Waals surface area contributed by atoms with Gasteiger partial charge in [-0.25, -0.2) is 4.39 Å². The Bertz CT molecular complexity index is 358. The smallest absolute Gasteiger partial charge is 0.123 e. The van der Waals surface area contributed by atoms with E-state index in [1.54, 1.807) is 19.9 Å². The van der Waals surface area contributed by atoms with Crippen LogP contribution in [0.3, 0.4) is 0 Å². The Balaban J connectivity index is 2.98. The van der Waals surface area contributed by atoms with Crippen LogP contribution in [-0.4, -0.2) is 11.2 Å². The summed E-state index contributed by atoms with van der Waals surface area (Å²) in [7, 11) is 0. The predicted molar refractivity (Wildman–Crippen MR) is 49.7 cm³/mol. The number of rotatable bonds is 0. The Morgan fingerprint density at radius 3 is 2.69 bits per heavy atom. The fourth-order valence-electron chi connectivity index (χ4n) is 0.950. The third-order valence-electron chi connectivity index (χ3n) is 1.60. The van der Waals surface area contributed by atoms with E-state index in [9.17, 15) is 4.39 Å². The minimum Gasteiger partial charge on any atom is -0.381 e. The molecule has 2 heteroatoms. The molecule has 1 rings (SSSR count). The molecule has 0 spiro atoms. The van der Waals surface area contributed by atoms with Crippen LogP contribution in [0.2, 0.25) is 0 Å². The summed E-state index contributed by atoms with van der Waals surface area (Å²) in [6, 6.07) is 4.39. The third-order valence-corrected chi connectivity index (χ3v) is 1.60. The lowest BCUT2D eigenvalue weighted by Gasteiger charge is -1.97. The van der Waals surface area contributed by atoms with Gasteiger partial charge in [0.2, 0.25) is 0 Å². The molecule has 0 heterocycles. The van der Waals surface area contributed by atoms with E-state index in [2.05, 4.69) is 11.8 Å². The number of aryl methyl sites for hydroxylation is 1. The molecule has 1 aromatic rings. The Morgan fingerprint density at radius 1 is 1.46 bits per heavy atom. The van der Waals surface area contributed by atoms with Gasteiger partial charge in [-0.3, -0.25) is 0 Å². The number of benzene rings is 1. The number of hydrogen-bond acceptors (Lipinski definition) is 1. The normalized spacial score (nSPS) is 11.7. The molecule has 0 aliphatic rings. The zero-order chi connectivity index (χ0) is 9.84. The number of halogens is 1. The zero-order valence-corrected chi connectivity index (χ0v) is 7.63. The van der Waals surface area contributed by atoms with E-state index >= 15 is 0 Å². The van der Waals surface area contributed by atoms with Crippen molar-refractivity contribution in [3.05, 3.63) is 35.1 Å². The minimum atomic E-state index is -0.649. The van der Waals surface area contributed by atoms with E-state index in [1.807, 2.05) is 0 Å². The fraction of sp³-hybridized carbons (Fsp3) is 0.273. The van der Waals surface area contributed by atoms with Crippen molar-refractivity contribution in [1.82, 2.24) is 0 Å². The van der Waals surface area contributed by atoms with Gasteiger partial charge in [0.15, 0.2) is 0 Å². The molecule has 1 nitrogen and oxygen atoms in total. The predicted octanol–water partition coefficient (Wildman–Crippen LogP) is 1.87. The molecule has 68 valence electrons. The standard InChI is InChI=1S/C11H11FO/c1-8-7-11(12)6-5-10(8)4-3-9(2)13/h5-7,9,13H,1-2H3. The molecular formula is C11H11FO. The van der Waals surface area contributed by atoms with Gasteiger partial charge in [0, 0.05) is 5.56 Å². The summed E-state index contributed by atoms with van der Waals surface area (Å²) >= 11 is 0. The van der Waals surface area contributed by atoms with E-state index in [0.29, 0.717) is 0 Å². The molecule has 13 heavy (non-hydrogen) atoms. The summed E-state index contributed by atoms with van der Waals surface area (Å²) in [6.07, 6.45) is -0.649. The van der Waals surface area contributed by atoms with Crippen LogP contribution >= 0.6 is 0 Å². The van der Waals surface area contributed by atoms with Crippen molar-refractivity contribution < 1.29 is 9.50 Å². The Hall–Kier alpha value is -1.33. The average molecular weight is 178 g/mol. The first kappa shape index (κ1) is 9.76. The summed E-state index contributed by atoms with van der Waals surface area (Å²) in [5, 5.41) is 8.91. The molecule has 1 atom stereocenters. The van der Waals surface area contributed by atoms with Gasteiger partial charge < -0.3 is 5.11 Å². The van der Waals surface area contributed by atoms with Gasteiger partial charge in [-0.2, -0.15) is 0 Å². The highest BCUT2D eigenvalue weighted by Crippen LogP contribution is 2.08. The fourth-order valence-corrected chi connectivity index (χ4v) is 0.950. The first-order valence-corrected chi connectivity index (χ1v) is 4.05. The summed E-state index contributed by atoms with van der Waals surface area (Å²) in [5.74, 6) is 5.11. The van der Waals surface area contributed by atoms with E-state index < -0.39 is 6.10 Å². The number of aliphatic hydroxyl groups is 1. The topological polar surface area (TPSA) is 20.2 Å². The van der Waals surface area contributed by atoms with Gasteiger partial charge in [0.1, 0.15) is 11.9 Å². The Morgan fingerprint density at radius 2 is 2.15 bits per heavy atom. The second-order valence-electron chi connectivity index (χ2n) is 2.90. The van der Waals surface area contributed by atoms with E-state index in [1.165, 1.54) is 12.1 Å². The molecule has 0 fully saturated rings. The number of aliphatic hydroxyl groups excluding tert-OH is 1. The van der Waals surface area contributed by atoms with Gasteiger partial charge in [-0.15, -0.1) is 0 Å². The van der Waals surface area contributed by atoms with Crippen LogP contribution in [0.15, 0.2) is 18.2 Å². The maximum atomic E-state index is 12.6. The SMILES string of the molecule is Cc1cc(F)ccc1C#CC(C)O. The first-order chi connectivity index (χ1) is 6.09. The summed E-state index contributed by atoms with van der Waals surface area (Å²) in [5.41, 5.74) is 1.54. The van der Waals surface area contributed by atoms with Crippen LogP contribution in [0.1, 0.15) is 18.1 Å². The first-order valence-electron chi connectivity index (χ1n) is 4.05. The van der Waals surface area contributed by atoms with E-state index in [-0.39, 0.29) is 5.82 Å². The Kier molecular flexibility index (Phi) is 3.05. The average Bonchev–Trinajstić information content (AvgIpc) is 2.02. The highest BCUT2D eigenvalue weighted by Gasteiger charge is 1.96. The molecule has 0 bridgehead atoms. The molecular weight excluding hydrogens is 167 g/mol. The zero-order valence-electron chi connectivity index (χ0n) is 7.63. The minimum absolute atomic E-state index is 0.264. The maximum absolute atomic E-state index is 12.6. The van der Waals surface area contributed by atoms with Crippen molar-refractivity contribution in [1.29, 1.82) is 0 Å². The van der Waals surface area contributed by atoms with Gasteiger partial charge in [-0.1, -0.05) is 11.8 Å². The third kappa shape index (κ3) is 2.89. The van der Waals surface area contributed by atoms with Crippen molar-refractivity contribution in [2.75, 3.05) is 0 Å². The Labute approximate surface area is 77.2 Å². The van der Waals surface area contributed by atoms with Crippen LogP contribution in [0.4, 0.5) is 4.39 Å². The van der Waals surface area contributed by atoms with Gasteiger partial charge in [0.05, 0.1) is 0 Å². The van der Waals surface area contributed by atoms with Gasteiger partial charge in [-0.05, 0) is 37.6 Å². The molecule has 1 aromatic carbocycles. The second-order valence-corrected chi connectivity index (χ2v) is 2.90. The molecule has 0 saturated heterocycles. The summed E-state index contributed by atoms with van der Waals surface area (Å²) in [4.78, 5) is 0. The lowest BCUT2D eigenvalue weighted by Crippen LogP contribution is -1.93. The second kappa shape index (κ2) is 4.06. The molecule has 0 saturated carbocycles. The van der Waals surface area contributed by atoms with E-state index in [4.69, 9.17) is 5.11 Å². The molecule has 0 aromatic heterocycles. The maximum Gasteiger partial charge on any atom is 0.123 e. The molecule has 0 radical (unpaired) electrons. The molecule has 0 aliphatic carbocycles. The van der Waals surface area contributed by atoms with Crippen LogP contribution in [0, 0.1) is 24.6 Å². The van der Waals surface area contributed by atoms with Gasteiger partial charge >= 0.3 is 0 Å². The quantitative estimate of drug-likeness (QED) is 0.601. The monoisotopic (exact) mass is 178 g/mol. The molecule has 0 aliphatic heterocycles.